The Bertz CT molecular complexity index is 769. The molecule has 0 unspecified atom stereocenters. The van der Waals surface area contributed by atoms with Gasteiger partial charge in [-0.2, -0.15) is 0 Å². The molecule has 2 rings (SSSR count). The second-order valence-electron chi connectivity index (χ2n) is 4.16. The van der Waals surface area contributed by atoms with E-state index in [2.05, 4.69) is 15.9 Å². The normalized spacial score (nSPS) is 9.70. The highest BCUT2D eigenvalue weighted by Gasteiger charge is 2.12. The van der Waals surface area contributed by atoms with Crippen LogP contribution in [0.4, 0.5) is 20.2 Å². The van der Waals surface area contributed by atoms with Gasteiger partial charge in [0.2, 0.25) is 0 Å². The summed E-state index contributed by atoms with van der Waals surface area (Å²) in [7, 11) is 0. The number of para-hydroxylation sites is 1. The summed E-state index contributed by atoms with van der Waals surface area (Å²) in [6.07, 6.45) is 0. The van der Waals surface area contributed by atoms with Crippen LogP contribution in [0.2, 0.25) is 0 Å². The van der Waals surface area contributed by atoms with Gasteiger partial charge in [-0.3, -0.25) is 0 Å². The lowest BCUT2D eigenvalue weighted by molar-refractivity contribution is 0.0686. The number of hydrogen-bond acceptors (Lipinski definition) is 4. The van der Waals surface area contributed by atoms with Gasteiger partial charge in [0.25, 0.3) is 0 Å². The number of rotatable bonds is 2. The zero-order valence-electron chi connectivity index (χ0n) is 11.4. The summed E-state index contributed by atoms with van der Waals surface area (Å²) >= 11 is 2.96. The van der Waals surface area contributed by atoms with E-state index in [-0.39, 0.29) is 22.5 Å². The van der Waals surface area contributed by atoms with Crippen LogP contribution < -0.4 is 11.5 Å². The van der Waals surface area contributed by atoms with Crippen molar-refractivity contribution in [1.82, 2.24) is 0 Å². The molecule has 2 aromatic carbocycles. The molecule has 0 saturated carbocycles. The third-order valence-corrected chi connectivity index (χ3v) is 3.07. The van der Waals surface area contributed by atoms with Crippen molar-refractivity contribution >= 4 is 39.2 Å². The highest BCUT2D eigenvalue weighted by atomic mass is 79.9. The number of nitrogens with two attached hydrogens (primary N) is 2. The van der Waals surface area contributed by atoms with Gasteiger partial charge in [0.1, 0.15) is 11.6 Å². The Morgan fingerprint density at radius 2 is 1.43 bits per heavy atom. The van der Waals surface area contributed by atoms with Gasteiger partial charge in [-0.15, -0.1) is 0 Å². The zero-order valence-corrected chi connectivity index (χ0v) is 13.0. The minimum Gasteiger partial charge on any atom is -0.478 e. The van der Waals surface area contributed by atoms with Crippen molar-refractivity contribution in [3.05, 3.63) is 57.6 Å². The number of anilines is 2. The van der Waals surface area contributed by atoms with Crippen LogP contribution in [-0.4, -0.2) is 22.2 Å². The smallest absolute Gasteiger partial charge is 0.337 e. The number of halogens is 3. The number of carboxylic acid groups (broad SMARTS) is 2. The van der Waals surface area contributed by atoms with Crippen LogP contribution in [0, 0.1) is 11.6 Å². The van der Waals surface area contributed by atoms with Gasteiger partial charge in [0, 0.05) is 4.47 Å². The molecule has 0 aliphatic heterocycles. The third kappa shape index (κ3) is 4.65. The van der Waals surface area contributed by atoms with E-state index in [1.165, 1.54) is 18.2 Å². The van der Waals surface area contributed by atoms with Crippen molar-refractivity contribution in [3.8, 4) is 0 Å². The zero-order chi connectivity index (χ0) is 17.7. The molecule has 6 N–H and O–H groups in total. The first kappa shape index (κ1) is 18.4. The number of aromatic carboxylic acids is 2. The fourth-order valence-electron chi connectivity index (χ4n) is 1.49. The Kier molecular flexibility index (Phi) is 6.02. The van der Waals surface area contributed by atoms with Crippen molar-refractivity contribution in [3.63, 3.8) is 0 Å². The molecular formula is C14H11BrF2N2O4. The summed E-state index contributed by atoms with van der Waals surface area (Å²) < 4.78 is 25.7. The lowest BCUT2D eigenvalue weighted by Gasteiger charge is -2.01. The van der Waals surface area contributed by atoms with Crippen LogP contribution in [0.25, 0.3) is 0 Å². The summed E-state index contributed by atoms with van der Waals surface area (Å²) in [5.74, 6) is -3.90. The number of benzene rings is 2. The van der Waals surface area contributed by atoms with E-state index in [4.69, 9.17) is 21.7 Å². The number of hydrogen-bond donors (Lipinski definition) is 4. The molecule has 0 saturated heterocycles. The molecule has 0 aliphatic rings. The number of nitrogen functional groups attached to an aromatic ring is 2. The molecule has 0 radical (unpaired) electrons. The summed E-state index contributed by atoms with van der Waals surface area (Å²) in [4.78, 5) is 20.8. The van der Waals surface area contributed by atoms with E-state index in [9.17, 15) is 18.4 Å². The van der Waals surface area contributed by atoms with Gasteiger partial charge in [-0.05, 0) is 24.3 Å². The van der Waals surface area contributed by atoms with Crippen molar-refractivity contribution < 1.29 is 28.6 Å². The molecule has 0 bridgehead atoms. The van der Waals surface area contributed by atoms with Crippen molar-refractivity contribution in [2.24, 2.45) is 0 Å². The fourth-order valence-corrected chi connectivity index (χ4v) is 1.92. The van der Waals surface area contributed by atoms with Gasteiger partial charge in [0.15, 0.2) is 0 Å². The Morgan fingerprint density at radius 3 is 1.91 bits per heavy atom. The molecular weight excluding hydrogens is 378 g/mol. The molecule has 0 spiro atoms. The Hall–Kier alpha value is -2.68. The molecule has 9 heteroatoms. The molecule has 0 fully saturated rings. The highest BCUT2D eigenvalue weighted by molar-refractivity contribution is 9.10. The van der Waals surface area contributed by atoms with Crippen molar-refractivity contribution in [2.75, 3.05) is 11.5 Å². The van der Waals surface area contributed by atoms with E-state index in [1.54, 1.807) is 0 Å². The fraction of sp³-hybridized carbons (Fsp3) is 0. The van der Waals surface area contributed by atoms with Gasteiger partial charge in [-0.25, -0.2) is 18.4 Å². The van der Waals surface area contributed by atoms with Gasteiger partial charge >= 0.3 is 11.9 Å². The van der Waals surface area contributed by atoms with Crippen molar-refractivity contribution in [1.29, 1.82) is 0 Å². The maximum absolute atomic E-state index is 12.8. The van der Waals surface area contributed by atoms with E-state index >= 15 is 0 Å². The summed E-state index contributed by atoms with van der Waals surface area (Å²) in [5, 5.41) is 17.0. The van der Waals surface area contributed by atoms with Crippen LogP contribution in [0.3, 0.4) is 0 Å². The first-order valence-corrected chi connectivity index (χ1v) is 6.69. The Balaban J connectivity index is 0.000000231. The monoisotopic (exact) mass is 388 g/mol. The molecule has 23 heavy (non-hydrogen) atoms. The lowest BCUT2D eigenvalue weighted by atomic mass is 10.2. The first-order valence-electron chi connectivity index (χ1n) is 5.90. The molecule has 122 valence electrons. The SMILES string of the molecule is Nc1c(F)cc(Br)cc1C(=O)O.Nc1c(F)cccc1C(=O)O. The van der Waals surface area contributed by atoms with Gasteiger partial charge < -0.3 is 21.7 Å². The van der Waals surface area contributed by atoms with Crippen LogP contribution in [-0.2, 0) is 0 Å². The maximum Gasteiger partial charge on any atom is 0.337 e. The van der Waals surface area contributed by atoms with Crippen LogP contribution in [0.1, 0.15) is 20.7 Å². The van der Waals surface area contributed by atoms with E-state index in [0.717, 1.165) is 12.1 Å². The molecule has 2 aromatic rings. The highest BCUT2D eigenvalue weighted by Crippen LogP contribution is 2.22. The van der Waals surface area contributed by atoms with Gasteiger partial charge in [-0.1, -0.05) is 22.0 Å². The third-order valence-electron chi connectivity index (χ3n) is 2.61. The summed E-state index contributed by atoms with van der Waals surface area (Å²) in [6.45, 7) is 0. The standard InChI is InChI=1S/C7H5BrFNO2.C7H6FNO2/c8-3-1-4(7(11)12)6(10)5(9)2-3;8-5-3-1-2-4(6(5)9)7(10)11/h1-2H,10H2,(H,11,12);1-3H,9H2,(H,10,11). The topological polar surface area (TPSA) is 127 Å². The Labute approximate surface area is 137 Å². The predicted molar refractivity (Wildman–Crippen MR) is 83.2 cm³/mol. The molecule has 0 amide bonds. The molecule has 0 aliphatic carbocycles. The minimum absolute atomic E-state index is 0.204. The van der Waals surface area contributed by atoms with Gasteiger partial charge in [0.05, 0.1) is 22.5 Å². The second-order valence-corrected chi connectivity index (χ2v) is 5.08. The first-order chi connectivity index (χ1) is 10.6. The van der Waals surface area contributed by atoms with E-state index in [1.807, 2.05) is 0 Å². The number of carboxylic acids is 2. The quantitative estimate of drug-likeness (QED) is 0.585. The molecule has 0 aromatic heterocycles. The van der Waals surface area contributed by atoms with E-state index < -0.39 is 23.6 Å². The predicted octanol–water partition coefficient (Wildman–Crippen LogP) is 2.97. The summed E-state index contributed by atoms with van der Waals surface area (Å²) in [6, 6.07) is 6.03. The lowest BCUT2D eigenvalue weighted by Crippen LogP contribution is -2.04. The van der Waals surface area contributed by atoms with Crippen LogP contribution in [0.5, 0.6) is 0 Å². The van der Waals surface area contributed by atoms with Crippen LogP contribution in [0.15, 0.2) is 34.8 Å². The molecule has 0 heterocycles. The molecule has 6 nitrogen and oxygen atoms in total. The maximum atomic E-state index is 12.8. The Morgan fingerprint density at radius 1 is 0.913 bits per heavy atom. The minimum atomic E-state index is -1.24. The summed E-state index contributed by atoms with van der Waals surface area (Å²) in [5.41, 5.74) is 9.20. The molecule has 0 atom stereocenters. The average Bonchev–Trinajstić information content (AvgIpc) is 2.46. The van der Waals surface area contributed by atoms with E-state index in [0.29, 0.717) is 4.47 Å². The van der Waals surface area contributed by atoms with Crippen LogP contribution >= 0.6 is 15.9 Å². The largest absolute Gasteiger partial charge is 0.478 e. The van der Waals surface area contributed by atoms with Crippen molar-refractivity contribution in [2.45, 2.75) is 0 Å². The number of carbonyl (C=O) groups is 2. The second kappa shape index (κ2) is 7.54. The average molecular weight is 389 g/mol.